The van der Waals surface area contributed by atoms with Crippen LogP contribution in [0.15, 0.2) is 77.7 Å². The maximum Gasteiger partial charge on any atom is 0.261 e. The molecule has 0 saturated carbocycles. The fourth-order valence-electron chi connectivity index (χ4n) is 2.85. The number of rotatable bonds is 11. The monoisotopic (exact) mass is 570 g/mol. The van der Waals surface area contributed by atoms with E-state index in [-0.39, 0.29) is 17.3 Å². The summed E-state index contributed by atoms with van der Waals surface area (Å²) in [6.45, 7) is 1.10. The molecule has 3 N–H and O–H groups in total. The molecule has 1 atom stereocenters. The van der Waals surface area contributed by atoms with Crippen molar-refractivity contribution in [1.29, 1.82) is 0 Å². The lowest BCUT2D eigenvalue weighted by molar-refractivity contribution is 0.106. The molecule has 0 saturated heterocycles. The van der Waals surface area contributed by atoms with Crippen molar-refractivity contribution in [3.05, 3.63) is 87.7 Å². The number of aliphatic hydroxyl groups is 1. The van der Waals surface area contributed by atoms with E-state index < -0.39 is 16.1 Å². The van der Waals surface area contributed by atoms with E-state index in [1.807, 2.05) is 12.1 Å². The molecule has 3 aromatic rings. The minimum atomic E-state index is -3.63. The van der Waals surface area contributed by atoms with Crippen LogP contribution in [0.4, 0.5) is 10.1 Å². The van der Waals surface area contributed by atoms with Gasteiger partial charge in [0, 0.05) is 15.8 Å². The van der Waals surface area contributed by atoms with Crippen LogP contribution in [0, 0.1) is 9.39 Å². The molecule has 0 bridgehead atoms. The second-order valence-electron chi connectivity index (χ2n) is 7.13. The second kappa shape index (κ2) is 11.6. The third-order valence-electron chi connectivity index (χ3n) is 4.56. The van der Waals surface area contributed by atoms with Gasteiger partial charge >= 0.3 is 0 Å². The highest BCUT2D eigenvalue weighted by Gasteiger charge is 2.13. The van der Waals surface area contributed by atoms with Crippen LogP contribution in [0.3, 0.4) is 0 Å². The van der Waals surface area contributed by atoms with Crippen molar-refractivity contribution in [1.82, 2.24) is 5.32 Å². The Balaban J connectivity index is 1.39. The molecular formula is C23H24FIN2O4S. The van der Waals surface area contributed by atoms with Crippen LogP contribution in [-0.2, 0) is 16.4 Å². The van der Waals surface area contributed by atoms with E-state index in [4.69, 9.17) is 4.74 Å². The van der Waals surface area contributed by atoms with Gasteiger partial charge in [0.1, 0.15) is 24.3 Å². The van der Waals surface area contributed by atoms with E-state index >= 15 is 0 Å². The number of hydrogen-bond acceptors (Lipinski definition) is 5. The lowest BCUT2D eigenvalue weighted by atomic mass is 10.1. The number of hydrogen-bond donors (Lipinski definition) is 3. The van der Waals surface area contributed by atoms with Gasteiger partial charge in [-0.05, 0) is 102 Å². The van der Waals surface area contributed by atoms with Crippen molar-refractivity contribution < 1.29 is 22.7 Å². The molecule has 6 nitrogen and oxygen atoms in total. The van der Waals surface area contributed by atoms with Crippen LogP contribution in [0.5, 0.6) is 5.75 Å². The standard InChI is InChI=1S/C23H24FIN2O4S/c24-18-3-9-22(10-4-18)31-16-21(28)15-26-14-13-17-1-7-20(8-2-17)27-32(29,30)23-11-5-19(25)6-12-23/h1-12,21,26-28H,13-16H2/t21-/m0/s1. The molecule has 170 valence electrons. The van der Waals surface area contributed by atoms with Gasteiger partial charge in [0.15, 0.2) is 0 Å². The van der Waals surface area contributed by atoms with Crippen molar-refractivity contribution in [2.24, 2.45) is 0 Å². The first kappa shape index (κ1) is 24.4. The predicted molar refractivity (Wildman–Crippen MR) is 131 cm³/mol. The predicted octanol–water partition coefficient (Wildman–Crippen LogP) is 3.80. The molecule has 9 heteroatoms. The Morgan fingerprint density at radius 3 is 2.28 bits per heavy atom. The van der Waals surface area contributed by atoms with Crippen molar-refractivity contribution in [3.8, 4) is 5.75 Å². The molecule has 0 heterocycles. The molecule has 0 fully saturated rings. The SMILES string of the molecule is O=S(=O)(Nc1ccc(CCNC[C@H](O)COc2ccc(F)cc2)cc1)c1ccc(I)cc1. The molecule has 3 aromatic carbocycles. The Bertz CT molecular complexity index is 1090. The summed E-state index contributed by atoms with van der Waals surface area (Å²) in [4.78, 5) is 0.216. The maximum absolute atomic E-state index is 12.9. The summed E-state index contributed by atoms with van der Waals surface area (Å²) in [5.74, 6) is 0.166. The third kappa shape index (κ3) is 7.73. The molecule has 3 rings (SSSR count). The van der Waals surface area contributed by atoms with Crippen molar-refractivity contribution >= 4 is 38.3 Å². The zero-order valence-electron chi connectivity index (χ0n) is 17.2. The highest BCUT2D eigenvalue weighted by atomic mass is 127. The number of anilines is 1. The minimum absolute atomic E-state index is 0.105. The van der Waals surface area contributed by atoms with Gasteiger partial charge in [-0.3, -0.25) is 4.72 Å². The summed E-state index contributed by atoms with van der Waals surface area (Å²) in [5, 5.41) is 13.1. The second-order valence-corrected chi connectivity index (χ2v) is 10.1. The molecule has 0 aromatic heterocycles. The van der Waals surface area contributed by atoms with E-state index in [0.717, 1.165) is 15.6 Å². The largest absolute Gasteiger partial charge is 0.491 e. The number of aliphatic hydroxyl groups excluding tert-OH is 1. The number of benzene rings is 3. The van der Waals surface area contributed by atoms with Crippen molar-refractivity contribution in [2.75, 3.05) is 24.4 Å². The van der Waals surface area contributed by atoms with Gasteiger partial charge in [0.05, 0.1) is 4.90 Å². The highest BCUT2D eigenvalue weighted by Crippen LogP contribution is 2.18. The maximum atomic E-state index is 12.9. The fraction of sp³-hybridized carbons (Fsp3) is 0.217. The topological polar surface area (TPSA) is 87.7 Å². The smallest absolute Gasteiger partial charge is 0.261 e. The molecule has 0 aliphatic heterocycles. The lowest BCUT2D eigenvalue weighted by Crippen LogP contribution is -2.32. The van der Waals surface area contributed by atoms with Crippen LogP contribution in [-0.4, -0.2) is 39.3 Å². The number of nitrogens with one attached hydrogen (secondary N) is 2. The molecular weight excluding hydrogens is 546 g/mol. The van der Waals surface area contributed by atoms with Gasteiger partial charge in [-0.25, -0.2) is 12.8 Å². The van der Waals surface area contributed by atoms with E-state index in [1.165, 1.54) is 24.3 Å². The average Bonchev–Trinajstić information content (AvgIpc) is 2.77. The Labute approximate surface area is 201 Å². The van der Waals surface area contributed by atoms with Gasteiger partial charge < -0.3 is 15.2 Å². The molecule has 32 heavy (non-hydrogen) atoms. The average molecular weight is 570 g/mol. The normalized spacial score (nSPS) is 12.3. The van der Waals surface area contributed by atoms with Gasteiger partial charge in [-0.1, -0.05) is 12.1 Å². The molecule has 0 aliphatic rings. The molecule has 0 amide bonds. The Morgan fingerprint density at radius 2 is 1.62 bits per heavy atom. The molecule has 0 aliphatic carbocycles. The van der Waals surface area contributed by atoms with Crippen LogP contribution >= 0.6 is 22.6 Å². The van der Waals surface area contributed by atoms with E-state index in [9.17, 15) is 17.9 Å². The van der Waals surface area contributed by atoms with Crippen molar-refractivity contribution in [3.63, 3.8) is 0 Å². The Kier molecular flexibility index (Phi) is 8.85. The van der Waals surface area contributed by atoms with Crippen LogP contribution in [0.25, 0.3) is 0 Å². The summed E-state index contributed by atoms with van der Waals surface area (Å²) < 4.78 is 46.7. The zero-order valence-corrected chi connectivity index (χ0v) is 20.1. The molecule has 0 radical (unpaired) electrons. The van der Waals surface area contributed by atoms with Gasteiger partial charge in [0.2, 0.25) is 0 Å². The van der Waals surface area contributed by atoms with Crippen LogP contribution in [0.1, 0.15) is 5.56 Å². The number of halogens is 2. The third-order valence-corrected chi connectivity index (χ3v) is 6.67. The van der Waals surface area contributed by atoms with Crippen LogP contribution < -0.4 is 14.8 Å². The summed E-state index contributed by atoms with van der Waals surface area (Å²) >= 11 is 2.12. The Morgan fingerprint density at radius 1 is 0.969 bits per heavy atom. The summed E-state index contributed by atoms with van der Waals surface area (Å²) in [5.41, 5.74) is 1.53. The fourth-order valence-corrected chi connectivity index (χ4v) is 4.27. The quantitative estimate of drug-likeness (QED) is 0.241. The van der Waals surface area contributed by atoms with Gasteiger partial charge in [-0.2, -0.15) is 0 Å². The molecule has 0 spiro atoms. The summed E-state index contributed by atoms with van der Waals surface area (Å²) in [6.07, 6.45) is 0.0217. The molecule has 0 unspecified atom stereocenters. The van der Waals surface area contributed by atoms with Crippen LogP contribution in [0.2, 0.25) is 0 Å². The lowest BCUT2D eigenvalue weighted by Gasteiger charge is -2.13. The summed E-state index contributed by atoms with van der Waals surface area (Å²) in [7, 11) is -3.63. The first-order chi connectivity index (χ1) is 15.3. The first-order valence-corrected chi connectivity index (χ1v) is 12.5. The van der Waals surface area contributed by atoms with E-state index in [0.29, 0.717) is 24.5 Å². The number of sulfonamides is 1. The minimum Gasteiger partial charge on any atom is -0.491 e. The van der Waals surface area contributed by atoms with Gasteiger partial charge in [0.25, 0.3) is 10.0 Å². The summed E-state index contributed by atoms with van der Waals surface area (Å²) in [6, 6.07) is 19.5. The highest BCUT2D eigenvalue weighted by molar-refractivity contribution is 14.1. The number of ether oxygens (including phenoxy) is 1. The van der Waals surface area contributed by atoms with Crippen molar-refractivity contribution in [2.45, 2.75) is 17.4 Å². The first-order valence-electron chi connectivity index (χ1n) is 9.96. The van der Waals surface area contributed by atoms with E-state index in [2.05, 4.69) is 32.6 Å². The van der Waals surface area contributed by atoms with E-state index in [1.54, 1.807) is 36.4 Å². The van der Waals surface area contributed by atoms with Gasteiger partial charge in [-0.15, -0.1) is 0 Å². The zero-order chi connectivity index (χ0) is 23.0. The Hall–Kier alpha value is -2.21.